The van der Waals surface area contributed by atoms with E-state index in [0.717, 1.165) is 0 Å². The zero-order valence-corrected chi connectivity index (χ0v) is 7.11. The predicted octanol–water partition coefficient (Wildman–Crippen LogP) is 0.734. The monoisotopic (exact) mass is 252 g/mol. The average Bonchev–Trinajstić information content (AvgIpc) is 1.88. The zero-order chi connectivity index (χ0) is 7.56. The second-order valence-electron chi connectivity index (χ2n) is 1.63. The minimum Gasteiger partial charge on any atom is -0.393 e. The molecule has 0 saturated carbocycles. The van der Waals surface area contributed by atoms with E-state index in [1.54, 1.807) is 10.1 Å². The molecule has 0 aromatic heterocycles. The van der Waals surface area contributed by atoms with E-state index < -0.39 is 4.92 Å². The topological polar surface area (TPSA) is 69.2 Å². The van der Waals surface area contributed by atoms with Gasteiger partial charge in [-0.2, -0.15) is 0 Å². The van der Waals surface area contributed by atoms with Gasteiger partial charge in [0.05, 0.1) is 8.94 Å². The van der Waals surface area contributed by atoms with Gasteiger partial charge in [-0.25, -0.2) is 0 Å². The van der Waals surface area contributed by atoms with Gasteiger partial charge in [-0.15, -0.1) is 0 Å². The van der Waals surface area contributed by atoms with Crippen LogP contribution in [-0.2, 0) is 0 Å². The lowest BCUT2D eigenvalue weighted by Gasteiger charge is -1.96. The second-order valence-corrected chi connectivity index (χ2v) is 3.69. The van der Waals surface area contributed by atoms with Crippen LogP contribution in [0.4, 0.5) is 0 Å². The van der Waals surface area contributed by atoms with Crippen molar-refractivity contribution in [1.29, 1.82) is 0 Å². The van der Waals surface area contributed by atoms with Crippen LogP contribution in [0.3, 0.4) is 0 Å². The van der Waals surface area contributed by atoms with E-state index in [1.165, 1.54) is 0 Å². The van der Waals surface area contributed by atoms with Crippen molar-refractivity contribution in [3.63, 3.8) is 0 Å². The van der Waals surface area contributed by atoms with Crippen LogP contribution in [0.15, 0.2) is 21.6 Å². The van der Waals surface area contributed by atoms with E-state index in [0.29, 0.717) is 0 Å². The van der Waals surface area contributed by atoms with Crippen LogP contribution in [0.5, 0.6) is 0 Å². The van der Waals surface area contributed by atoms with Crippen LogP contribution in [-0.4, -0.2) is 8.94 Å². The van der Waals surface area contributed by atoms with Gasteiger partial charge < -0.3 is 5.73 Å². The number of nitro groups is 1. The Morgan fingerprint density at radius 3 is 2.80 bits per heavy atom. The summed E-state index contributed by atoms with van der Waals surface area (Å²) in [4.78, 5) is 9.74. The van der Waals surface area contributed by atoms with Gasteiger partial charge in [0, 0.05) is 0 Å². The molecular weight excluding hydrogens is 247 g/mol. The summed E-state index contributed by atoms with van der Waals surface area (Å²) in [5.41, 5.74) is 5.64. The summed E-state index contributed by atoms with van der Waals surface area (Å²) in [5, 5.41) is 10.2. The van der Waals surface area contributed by atoms with E-state index in [4.69, 9.17) is 5.73 Å². The Morgan fingerprint density at radius 2 is 2.40 bits per heavy atom. The fourth-order valence-corrected chi connectivity index (χ4v) is 2.22. The highest BCUT2D eigenvalue weighted by Gasteiger charge is 2.11. The Kier molecular flexibility index (Phi) is 2.15. The zero-order valence-electron chi connectivity index (χ0n) is 4.95. The number of halogens is 1. The molecular formula is C5H5IN2O2. The predicted molar refractivity (Wildman–Crippen MR) is 47.4 cm³/mol. The smallest absolute Gasteiger partial charge is 0.297 e. The van der Waals surface area contributed by atoms with Crippen molar-refractivity contribution < 1.29 is 4.92 Å². The fraction of sp³-hybridized carbons (Fsp3) is 0. The van der Waals surface area contributed by atoms with Crippen LogP contribution in [0, 0.1) is 10.1 Å². The Hall–Kier alpha value is -0.720. The summed E-state index contributed by atoms with van der Waals surface area (Å²) >= 11 is -0.271. The largest absolute Gasteiger partial charge is 0.393 e. The molecule has 0 bridgehead atoms. The summed E-state index contributed by atoms with van der Waals surface area (Å²) < 4.78 is 3.50. The third kappa shape index (κ3) is 1.41. The molecule has 0 spiro atoms. The first kappa shape index (κ1) is 7.39. The molecule has 0 unspecified atom stereocenters. The van der Waals surface area contributed by atoms with Gasteiger partial charge in [0.1, 0.15) is 5.70 Å². The molecule has 4 nitrogen and oxygen atoms in total. The van der Waals surface area contributed by atoms with Crippen molar-refractivity contribution in [1.82, 2.24) is 0 Å². The number of rotatable bonds is 1. The maximum absolute atomic E-state index is 10.2. The molecule has 54 valence electrons. The molecule has 0 saturated heterocycles. The molecule has 0 aliphatic carbocycles. The third-order valence-corrected chi connectivity index (χ3v) is 2.70. The maximum Gasteiger partial charge on any atom is 0.297 e. The number of allylic oxidation sites excluding steroid dienone is 2. The van der Waals surface area contributed by atoms with Gasteiger partial charge >= 0.3 is 0 Å². The molecule has 1 heterocycles. The second kappa shape index (κ2) is 2.91. The average molecular weight is 252 g/mol. The number of hydrogen-bond donors (Lipinski definition) is 1. The summed E-state index contributed by atoms with van der Waals surface area (Å²) in [7, 11) is 0. The van der Waals surface area contributed by atoms with Crippen LogP contribution < -0.4 is 5.73 Å². The molecule has 2 N–H and O–H groups in total. The van der Waals surface area contributed by atoms with Crippen LogP contribution in [0.1, 0.15) is 0 Å². The van der Waals surface area contributed by atoms with E-state index >= 15 is 0 Å². The van der Waals surface area contributed by atoms with Gasteiger partial charge in [-0.3, -0.25) is 10.1 Å². The van der Waals surface area contributed by atoms with E-state index in [2.05, 4.69) is 0 Å². The van der Waals surface area contributed by atoms with Crippen molar-refractivity contribution >= 4 is 24.7 Å². The van der Waals surface area contributed by atoms with Crippen molar-refractivity contribution in [2.75, 3.05) is 0 Å². The first-order valence-electron chi connectivity index (χ1n) is 2.47. The van der Waals surface area contributed by atoms with Gasteiger partial charge in [-0.1, -0.05) is 20.7 Å². The van der Waals surface area contributed by atoms with Crippen molar-refractivity contribution in [3.05, 3.63) is 31.7 Å². The SMILES string of the molecule is NC1=C([N+](=O)[O-])C=IC=C1. The van der Waals surface area contributed by atoms with Gasteiger partial charge in [0.15, 0.2) is 0 Å². The lowest BCUT2D eigenvalue weighted by Crippen LogP contribution is -2.09. The minimum atomic E-state index is -0.446. The molecule has 0 fully saturated rings. The summed E-state index contributed by atoms with van der Waals surface area (Å²) in [6.45, 7) is 0. The van der Waals surface area contributed by atoms with E-state index in [-0.39, 0.29) is 32.1 Å². The summed E-state index contributed by atoms with van der Waals surface area (Å²) in [5.74, 6) is 0. The number of hydrogen-bond acceptors (Lipinski definition) is 3. The standard InChI is InChI=1S/C5H5IN2O2/c7-4-1-2-6-3-5(4)8(9)10/h1-3H,7H2. The molecule has 0 amide bonds. The molecule has 5 heteroatoms. The molecule has 10 heavy (non-hydrogen) atoms. The Bertz CT molecular complexity index is 254. The highest BCUT2D eigenvalue weighted by Crippen LogP contribution is 2.12. The lowest BCUT2D eigenvalue weighted by atomic mass is 10.3. The summed E-state index contributed by atoms with van der Waals surface area (Å²) in [6.07, 6.45) is 1.60. The first-order valence-corrected chi connectivity index (χ1v) is 4.97. The molecule has 0 atom stereocenters. The van der Waals surface area contributed by atoms with Gasteiger partial charge in [0.25, 0.3) is 5.70 Å². The molecule has 0 aromatic carbocycles. The first-order chi connectivity index (χ1) is 4.72. The van der Waals surface area contributed by atoms with Crippen LogP contribution >= 0.6 is 20.7 Å². The van der Waals surface area contributed by atoms with Crippen molar-refractivity contribution in [2.24, 2.45) is 5.73 Å². The van der Waals surface area contributed by atoms with Crippen LogP contribution in [0.25, 0.3) is 0 Å². The highest BCUT2D eigenvalue weighted by atomic mass is 127. The van der Waals surface area contributed by atoms with Crippen LogP contribution in [0.2, 0.25) is 0 Å². The summed E-state index contributed by atoms with van der Waals surface area (Å²) in [6, 6.07) is 0. The van der Waals surface area contributed by atoms with Crippen molar-refractivity contribution in [2.45, 2.75) is 0 Å². The number of nitrogens with zero attached hydrogens (tertiary/aromatic N) is 1. The molecule has 0 aromatic rings. The highest BCUT2D eigenvalue weighted by molar-refractivity contribution is 14.2. The normalized spacial score (nSPS) is 16.8. The minimum absolute atomic E-state index is 0.0651. The molecule has 1 aliphatic heterocycles. The maximum atomic E-state index is 10.2. The van der Waals surface area contributed by atoms with Gasteiger partial charge in [0.2, 0.25) is 0 Å². The Labute approximate surface area is 67.3 Å². The third-order valence-electron chi connectivity index (χ3n) is 0.974. The quantitative estimate of drug-likeness (QED) is 0.425. The fourth-order valence-electron chi connectivity index (χ4n) is 0.494. The van der Waals surface area contributed by atoms with E-state index in [9.17, 15) is 10.1 Å². The lowest BCUT2D eigenvalue weighted by molar-refractivity contribution is -0.414. The Morgan fingerprint density at radius 1 is 1.70 bits per heavy atom. The molecule has 1 rings (SSSR count). The number of nitrogens with two attached hydrogens (primary N) is 1. The molecule has 1 aliphatic rings. The van der Waals surface area contributed by atoms with Gasteiger partial charge in [-0.05, 0) is 10.2 Å². The molecule has 0 radical (unpaired) electrons. The Balaban J connectivity index is 3.04. The van der Waals surface area contributed by atoms with Crippen molar-refractivity contribution in [3.8, 4) is 0 Å². The van der Waals surface area contributed by atoms with E-state index in [1.807, 2.05) is 4.08 Å².